The van der Waals surface area contributed by atoms with Gasteiger partial charge in [-0.05, 0) is 84.6 Å². The van der Waals surface area contributed by atoms with Crippen molar-refractivity contribution in [2.75, 3.05) is 0 Å². The number of amides is 1. The van der Waals surface area contributed by atoms with E-state index in [-0.39, 0.29) is 5.91 Å². The number of rotatable bonds is 3. The van der Waals surface area contributed by atoms with Crippen molar-refractivity contribution in [2.24, 2.45) is 23.0 Å². The van der Waals surface area contributed by atoms with Gasteiger partial charge in [0.15, 0.2) is 0 Å². The van der Waals surface area contributed by atoms with Gasteiger partial charge in [0.1, 0.15) is 0 Å². The van der Waals surface area contributed by atoms with E-state index in [1.54, 1.807) is 0 Å². The molecule has 1 aromatic rings. The summed E-state index contributed by atoms with van der Waals surface area (Å²) in [5, 5.41) is 11.4. The second-order valence-corrected chi connectivity index (χ2v) is 9.71. The molecule has 3 aliphatic carbocycles. The second kappa shape index (κ2) is 6.23. The topological polar surface area (TPSA) is 63.3 Å². The molecule has 2 bridgehead atoms. The molecular weight excluding hydrogens is 322 g/mol. The number of benzene rings is 1. The first kappa shape index (κ1) is 17.8. The third-order valence-electron chi connectivity index (χ3n) is 7.04. The Labute approximate surface area is 156 Å². The van der Waals surface area contributed by atoms with Gasteiger partial charge >= 0.3 is 0 Å². The van der Waals surface area contributed by atoms with Crippen LogP contribution in [0.4, 0.5) is 0 Å². The molecule has 1 amide bonds. The molecule has 4 rings (SSSR count). The monoisotopic (exact) mass is 353 g/mol. The molecule has 0 aromatic heterocycles. The van der Waals surface area contributed by atoms with E-state index in [9.17, 15) is 9.90 Å². The Morgan fingerprint density at radius 2 is 1.88 bits per heavy atom. The largest absolute Gasteiger partial charge is 0.385 e. The number of carbonyl (C=O) groups is 1. The molecule has 1 aromatic carbocycles. The van der Waals surface area contributed by atoms with Crippen LogP contribution in [0.1, 0.15) is 86.7 Å². The first-order valence-corrected chi connectivity index (χ1v) is 10.1. The van der Waals surface area contributed by atoms with Crippen molar-refractivity contribution in [3.63, 3.8) is 0 Å². The maximum Gasteiger partial charge on any atom is 0.249 e. The first-order valence-electron chi connectivity index (χ1n) is 10.1. The van der Waals surface area contributed by atoms with Crippen molar-refractivity contribution in [1.82, 2.24) is 0 Å². The summed E-state index contributed by atoms with van der Waals surface area (Å²) in [6, 6.07) is 5.83. The Morgan fingerprint density at radius 3 is 2.46 bits per heavy atom. The fourth-order valence-corrected chi connectivity index (χ4v) is 5.46. The number of hydrogen-bond acceptors (Lipinski definition) is 2. The lowest BCUT2D eigenvalue weighted by Crippen LogP contribution is -2.33. The number of hydrogen-bond donors (Lipinski definition) is 2. The van der Waals surface area contributed by atoms with E-state index in [0.29, 0.717) is 22.8 Å². The van der Waals surface area contributed by atoms with Crippen LogP contribution in [-0.2, 0) is 5.60 Å². The lowest BCUT2D eigenvalue weighted by molar-refractivity contribution is -0.0255. The molecular formula is C23H31NO2. The van der Waals surface area contributed by atoms with Gasteiger partial charge in [0.2, 0.25) is 5.91 Å². The minimum absolute atomic E-state index is 0.314. The number of nitrogens with two attached hydrogens (primary N) is 1. The summed E-state index contributed by atoms with van der Waals surface area (Å²) in [5.41, 5.74) is 8.94. The molecule has 2 unspecified atom stereocenters. The lowest BCUT2D eigenvalue weighted by Gasteiger charge is -2.37. The van der Waals surface area contributed by atoms with Crippen LogP contribution in [0.3, 0.4) is 0 Å². The van der Waals surface area contributed by atoms with Crippen molar-refractivity contribution in [3.05, 3.63) is 41.0 Å². The van der Waals surface area contributed by atoms with Crippen LogP contribution in [0.2, 0.25) is 0 Å². The highest BCUT2D eigenvalue weighted by molar-refractivity contribution is 5.98. The molecule has 0 spiro atoms. The van der Waals surface area contributed by atoms with Crippen molar-refractivity contribution in [3.8, 4) is 0 Å². The highest BCUT2D eigenvalue weighted by Crippen LogP contribution is 2.51. The predicted octanol–water partition coefficient (Wildman–Crippen LogP) is 4.78. The number of primary amides is 1. The Hall–Kier alpha value is -1.61. The summed E-state index contributed by atoms with van der Waals surface area (Å²) < 4.78 is 0. The Balaban J connectivity index is 1.72. The van der Waals surface area contributed by atoms with Crippen LogP contribution in [0.5, 0.6) is 0 Å². The second-order valence-electron chi connectivity index (χ2n) is 9.71. The number of allylic oxidation sites excluding steroid dienone is 2. The number of aliphatic hydroxyl groups is 1. The molecule has 2 fully saturated rings. The van der Waals surface area contributed by atoms with Crippen molar-refractivity contribution in [2.45, 2.75) is 70.8 Å². The molecule has 2 saturated carbocycles. The number of fused-ring (bicyclic) bond motifs is 2. The molecule has 140 valence electrons. The Kier molecular flexibility index (Phi) is 4.26. The van der Waals surface area contributed by atoms with Gasteiger partial charge in [-0.3, -0.25) is 4.79 Å². The smallest absolute Gasteiger partial charge is 0.249 e. The molecule has 2 atom stereocenters. The fourth-order valence-electron chi connectivity index (χ4n) is 5.46. The van der Waals surface area contributed by atoms with Crippen LogP contribution in [0, 0.1) is 17.3 Å². The van der Waals surface area contributed by atoms with Gasteiger partial charge in [-0.15, -0.1) is 0 Å². The fraction of sp³-hybridized carbons (Fsp3) is 0.609. The van der Waals surface area contributed by atoms with Crippen molar-refractivity contribution in [1.29, 1.82) is 0 Å². The summed E-state index contributed by atoms with van der Waals surface area (Å²) in [7, 11) is 0. The van der Waals surface area contributed by atoms with Crippen LogP contribution >= 0.6 is 0 Å². The van der Waals surface area contributed by atoms with Crippen LogP contribution in [0.25, 0.3) is 5.57 Å². The minimum atomic E-state index is -0.747. The quantitative estimate of drug-likeness (QED) is 0.821. The maximum atomic E-state index is 12.0. The molecule has 0 radical (unpaired) electrons. The SMILES string of the molecule is CC1(C)CC=C(c2cc(C3(O)CC4CCC(C4)C3)ccc2C(N)=O)CC1. The summed E-state index contributed by atoms with van der Waals surface area (Å²) in [5.74, 6) is 0.911. The molecule has 3 nitrogen and oxygen atoms in total. The average molecular weight is 354 g/mol. The molecule has 0 aliphatic heterocycles. The molecule has 3 N–H and O–H groups in total. The zero-order valence-corrected chi connectivity index (χ0v) is 16.1. The van der Waals surface area contributed by atoms with E-state index in [1.807, 2.05) is 12.1 Å². The van der Waals surface area contributed by atoms with Gasteiger partial charge in [-0.2, -0.15) is 0 Å². The van der Waals surface area contributed by atoms with E-state index in [0.717, 1.165) is 43.2 Å². The molecule has 0 saturated heterocycles. The molecule has 0 heterocycles. The van der Waals surface area contributed by atoms with Crippen molar-refractivity contribution >= 4 is 11.5 Å². The summed E-state index contributed by atoms with van der Waals surface area (Å²) in [6.07, 6.45) is 10.8. The van der Waals surface area contributed by atoms with E-state index in [4.69, 9.17) is 5.73 Å². The van der Waals surface area contributed by atoms with Gasteiger partial charge in [-0.1, -0.05) is 38.8 Å². The van der Waals surface area contributed by atoms with Gasteiger partial charge in [0.05, 0.1) is 5.60 Å². The first-order chi connectivity index (χ1) is 12.3. The zero-order chi connectivity index (χ0) is 18.5. The van der Waals surface area contributed by atoms with E-state index >= 15 is 0 Å². The normalized spacial score (nSPS) is 33.0. The Bertz CT molecular complexity index is 749. The van der Waals surface area contributed by atoms with Gasteiger partial charge in [0, 0.05) is 5.56 Å². The molecule has 3 aliphatic rings. The van der Waals surface area contributed by atoms with E-state index in [1.165, 1.54) is 24.8 Å². The summed E-state index contributed by atoms with van der Waals surface area (Å²) in [4.78, 5) is 12.0. The standard InChI is InChI=1S/C23H31NO2/c1-22(2)9-7-17(8-10-22)20-12-18(5-6-19(20)21(24)25)23(26)13-15-3-4-16(11-15)14-23/h5-7,12,15-16,26H,3-4,8-11,13-14H2,1-2H3,(H2,24,25). The highest BCUT2D eigenvalue weighted by atomic mass is 16.3. The Morgan fingerprint density at radius 1 is 1.19 bits per heavy atom. The predicted molar refractivity (Wildman–Crippen MR) is 105 cm³/mol. The molecule has 26 heavy (non-hydrogen) atoms. The minimum Gasteiger partial charge on any atom is -0.385 e. The van der Waals surface area contributed by atoms with E-state index in [2.05, 4.69) is 26.0 Å². The van der Waals surface area contributed by atoms with Gasteiger partial charge in [-0.25, -0.2) is 0 Å². The van der Waals surface area contributed by atoms with Crippen LogP contribution in [-0.4, -0.2) is 11.0 Å². The summed E-state index contributed by atoms with van der Waals surface area (Å²) >= 11 is 0. The maximum absolute atomic E-state index is 12.0. The number of carbonyl (C=O) groups excluding carboxylic acids is 1. The highest BCUT2D eigenvalue weighted by Gasteiger charge is 2.44. The van der Waals surface area contributed by atoms with Gasteiger partial charge < -0.3 is 10.8 Å². The third-order valence-corrected chi connectivity index (χ3v) is 7.04. The van der Waals surface area contributed by atoms with E-state index < -0.39 is 5.60 Å². The van der Waals surface area contributed by atoms with Crippen molar-refractivity contribution < 1.29 is 9.90 Å². The van der Waals surface area contributed by atoms with Crippen LogP contribution in [0.15, 0.2) is 24.3 Å². The molecule has 3 heteroatoms. The van der Waals surface area contributed by atoms with Gasteiger partial charge in [0.25, 0.3) is 0 Å². The average Bonchev–Trinajstić information content (AvgIpc) is 2.93. The lowest BCUT2D eigenvalue weighted by atomic mass is 9.72. The van der Waals surface area contributed by atoms with Crippen LogP contribution < -0.4 is 5.73 Å². The summed E-state index contributed by atoms with van der Waals surface area (Å²) in [6.45, 7) is 4.57. The third kappa shape index (κ3) is 3.22. The zero-order valence-electron chi connectivity index (χ0n) is 16.1.